The number of hydrogen-bond acceptors (Lipinski definition) is 5. The molecule has 0 saturated heterocycles. The van der Waals surface area contributed by atoms with Crippen molar-refractivity contribution in [3.8, 4) is 22.1 Å². The lowest BCUT2D eigenvalue weighted by molar-refractivity contribution is 0.0947. The Morgan fingerprint density at radius 2 is 2.00 bits per heavy atom. The molecule has 8 heteroatoms. The van der Waals surface area contributed by atoms with E-state index in [0.29, 0.717) is 40.2 Å². The molecule has 5 nitrogen and oxygen atoms in total. The van der Waals surface area contributed by atoms with Crippen LogP contribution in [0.4, 0.5) is 8.78 Å². The molecule has 0 atom stereocenters. The number of amides is 1. The number of hydrogen-bond donors (Lipinski definition) is 1. The SMILES string of the molecule is COc1cc(-c2nc(C(=O)NCC3CC3)cs2)ccc1OCc1ccc(F)c(F)c1. The topological polar surface area (TPSA) is 60.5 Å². The molecule has 0 aliphatic heterocycles. The zero-order valence-electron chi connectivity index (χ0n) is 16.3. The molecule has 1 heterocycles. The number of ether oxygens (including phenoxy) is 2. The number of thiazole rings is 1. The summed E-state index contributed by atoms with van der Waals surface area (Å²) in [5.41, 5.74) is 1.69. The first-order chi connectivity index (χ1) is 14.5. The summed E-state index contributed by atoms with van der Waals surface area (Å²) in [5, 5.41) is 5.33. The highest BCUT2D eigenvalue weighted by Crippen LogP contribution is 2.34. The van der Waals surface area contributed by atoms with Gasteiger partial charge in [-0.25, -0.2) is 13.8 Å². The number of aromatic nitrogens is 1. The molecule has 1 aliphatic rings. The van der Waals surface area contributed by atoms with Crippen molar-refractivity contribution in [3.05, 3.63) is 64.7 Å². The van der Waals surface area contributed by atoms with Gasteiger partial charge in [0.05, 0.1) is 7.11 Å². The predicted molar refractivity (Wildman–Crippen MR) is 110 cm³/mol. The van der Waals surface area contributed by atoms with E-state index >= 15 is 0 Å². The largest absolute Gasteiger partial charge is 0.493 e. The van der Waals surface area contributed by atoms with Gasteiger partial charge in [-0.2, -0.15) is 0 Å². The number of carbonyl (C=O) groups is 1. The maximum Gasteiger partial charge on any atom is 0.270 e. The van der Waals surface area contributed by atoms with E-state index in [-0.39, 0.29) is 12.5 Å². The second-order valence-electron chi connectivity index (χ2n) is 7.09. The molecule has 30 heavy (non-hydrogen) atoms. The van der Waals surface area contributed by atoms with Gasteiger partial charge in [0.2, 0.25) is 0 Å². The Hall–Kier alpha value is -3.00. The van der Waals surface area contributed by atoms with Crippen molar-refractivity contribution in [2.24, 2.45) is 5.92 Å². The van der Waals surface area contributed by atoms with E-state index in [9.17, 15) is 13.6 Å². The van der Waals surface area contributed by atoms with Crippen molar-refractivity contribution in [2.45, 2.75) is 19.4 Å². The lowest BCUT2D eigenvalue weighted by Gasteiger charge is -2.12. The molecule has 2 aromatic carbocycles. The van der Waals surface area contributed by atoms with Crippen molar-refractivity contribution in [2.75, 3.05) is 13.7 Å². The monoisotopic (exact) mass is 430 g/mol. The highest BCUT2D eigenvalue weighted by molar-refractivity contribution is 7.13. The Balaban J connectivity index is 1.45. The average molecular weight is 430 g/mol. The Morgan fingerprint density at radius 1 is 1.17 bits per heavy atom. The number of methoxy groups -OCH3 is 1. The van der Waals surface area contributed by atoms with Crippen molar-refractivity contribution in [1.82, 2.24) is 10.3 Å². The van der Waals surface area contributed by atoms with Crippen molar-refractivity contribution in [1.29, 1.82) is 0 Å². The van der Waals surface area contributed by atoms with Crippen LogP contribution in [0.3, 0.4) is 0 Å². The average Bonchev–Trinajstić information content (AvgIpc) is 3.46. The van der Waals surface area contributed by atoms with Gasteiger partial charge in [-0.1, -0.05) is 6.07 Å². The molecule has 1 fully saturated rings. The van der Waals surface area contributed by atoms with Gasteiger partial charge in [0, 0.05) is 17.5 Å². The van der Waals surface area contributed by atoms with Crippen LogP contribution in [-0.4, -0.2) is 24.5 Å². The summed E-state index contributed by atoms with van der Waals surface area (Å²) < 4.78 is 37.5. The molecule has 1 N–H and O–H groups in total. The standard InChI is InChI=1S/C22H20F2N2O3S/c1-28-20-9-15(22-26-18(12-30-22)21(27)25-10-13-2-3-13)5-7-19(20)29-11-14-4-6-16(23)17(24)8-14/h4-9,12-13H,2-3,10-11H2,1H3,(H,25,27). The smallest absolute Gasteiger partial charge is 0.270 e. The molecular formula is C22H20F2N2O3S. The van der Waals surface area contributed by atoms with E-state index in [0.717, 1.165) is 17.7 Å². The Bertz CT molecular complexity index is 1070. The summed E-state index contributed by atoms with van der Waals surface area (Å²) >= 11 is 1.37. The molecule has 0 bridgehead atoms. The Kier molecular flexibility index (Phi) is 5.94. The summed E-state index contributed by atoms with van der Waals surface area (Å²) in [6, 6.07) is 8.93. The molecule has 1 saturated carbocycles. The van der Waals surface area contributed by atoms with Crippen LogP contribution in [0.2, 0.25) is 0 Å². The quantitative estimate of drug-likeness (QED) is 0.557. The maximum absolute atomic E-state index is 13.4. The molecular weight excluding hydrogens is 410 g/mol. The van der Waals surface area contributed by atoms with Crippen LogP contribution in [0.1, 0.15) is 28.9 Å². The van der Waals surface area contributed by atoms with Crippen molar-refractivity contribution in [3.63, 3.8) is 0 Å². The first kappa shape index (κ1) is 20.3. The first-order valence-corrected chi connectivity index (χ1v) is 10.4. The predicted octanol–water partition coefficient (Wildman–Crippen LogP) is 4.82. The Morgan fingerprint density at radius 3 is 2.73 bits per heavy atom. The van der Waals surface area contributed by atoms with Gasteiger partial charge in [0.1, 0.15) is 17.3 Å². The fourth-order valence-corrected chi connectivity index (χ4v) is 3.67. The minimum absolute atomic E-state index is 0.0650. The Labute approximate surface area is 176 Å². The summed E-state index contributed by atoms with van der Waals surface area (Å²) in [6.45, 7) is 0.763. The third kappa shape index (κ3) is 4.76. The maximum atomic E-state index is 13.4. The van der Waals surface area contributed by atoms with Gasteiger partial charge in [-0.3, -0.25) is 4.79 Å². The highest BCUT2D eigenvalue weighted by atomic mass is 32.1. The second kappa shape index (κ2) is 8.79. The number of halogens is 2. The first-order valence-electron chi connectivity index (χ1n) is 9.52. The third-order valence-electron chi connectivity index (χ3n) is 4.77. The van der Waals surface area contributed by atoms with E-state index in [1.165, 1.54) is 37.4 Å². The highest BCUT2D eigenvalue weighted by Gasteiger charge is 2.22. The molecule has 0 radical (unpaired) electrons. The fraction of sp³-hybridized carbons (Fsp3) is 0.273. The van der Waals surface area contributed by atoms with Crippen LogP contribution >= 0.6 is 11.3 Å². The van der Waals surface area contributed by atoms with Gasteiger partial charge >= 0.3 is 0 Å². The van der Waals surface area contributed by atoms with Gasteiger partial charge in [-0.15, -0.1) is 11.3 Å². The lowest BCUT2D eigenvalue weighted by atomic mass is 10.2. The zero-order chi connectivity index (χ0) is 21.1. The van der Waals surface area contributed by atoms with E-state index in [1.807, 2.05) is 6.07 Å². The third-order valence-corrected chi connectivity index (χ3v) is 5.67. The van der Waals surface area contributed by atoms with E-state index in [2.05, 4.69) is 10.3 Å². The van der Waals surface area contributed by atoms with Crippen LogP contribution in [0.15, 0.2) is 41.8 Å². The van der Waals surface area contributed by atoms with Crippen LogP contribution in [0.25, 0.3) is 10.6 Å². The number of nitrogens with one attached hydrogen (secondary N) is 1. The molecule has 3 aromatic rings. The number of benzene rings is 2. The van der Waals surface area contributed by atoms with Crippen LogP contribution in [0.5, 0.6) is 11.5 Å². The number of rotatable bonds is 8. The normalized spacial score (nSPS) is 13.2. The minimum Gasteiger partial charge on any atom is -0.493 e. The summed E-state index contributed by atoms with van der Waals surface area (Å²) in [4.78, 5) is 16.6. The van der Waals surface area contributed by atoms with Gasteiger partial charge < -0.3 is 14.8 Å². The molecule has 0 unspecified atom stereocenters. The van der Waals surface area contributed by atoms with E-state index in [4.69, 9.17) is 9.47 Å². The summed E-state index contributed by atoms with van der Waals surface area (Å²) in [7, 11) is 1.52. The van der Waals surface area contributed by atoms with E-state index < -0.39 is 11.6 Å². The molecule has 1 aliphatic carbocycles. The van der Waals surface area contributed by atoms with Gasteiger partial charge in [0.25, 0.3) is 5.91 Å². The molecule has 1 amide bonds. The molecule has 1 aromatic heterocycles. The van der Waals surface area contributed by atoms with Crippen molar-refractivity contribution >= 4 is 17.2 Å². The fourth-order valence-electron chi connectivity index (χ4n) is 2.87. The summed E-state index contributed by atoms with van der Waals surface area (Å²) in [6.07, 6.45) is 2.35. The van der Waals surface area contributed by atoms with Gasteiger partial charge in [0.15, 0.2) is 23.1 Å². The molecule has 4 rings (SSSR count). The molecule has 0 spiro atoms. The number of carbonyl (C=O) groups excluding carboxylic acids is 1. The van der Waals surface area contributed by atoms with E-state index in [1.54, 1.807) is 17.5 Å². The summed E-state index contributed by atoms with van der Waals surface area (Å²) in [5.74, 6) is -0.433. The zero-order valence-corrected chi connectivity index (χ0v) is 17.1. The molecule has 156 valence electrons. The van der Waals surface area contributed by atoms with Crippen LogP contribution in [0, 0.1) is 17.6 Å². The number of nitrogens with zero attached hydrogens (tertiary/aromatic N) is 1. The minimum atomic E-state index is -0.917. The lowest BCUT2D eigenvalue weighted by Crippen LogP contribution is -2.25. The van der Waals surface area contributed by atoms with Gasteiger partial charge in [-0.05, 0) is 54.7 Å². The van der Waals surface area contributed by atoms with Crippen molar-refractivity contribution < 1.29 is 23.0 Å². The van der Waals surface area contributed by atoms with Crippen LogP contribution < -0.4 is 14.8 Å². The van der Waals surface area contributed by atoms with Crippen LogP contribution in [-0.2, 0) is 6.61 Å². The second-order valence-corrected chi connectivity index (χ2v) is 7.95.